The van der Waals surface area contributed by atoms with E-state index in [2.05, 4.69) is 10.6 Å². The fourth-order valence-corrected chi connectivity index (χ4v) is 4.15. The fourth-order valence-electron chi connectivity index (χ4n) is 2.84. The number of nitrogens with one attached hydrogen (secondary N) is 2. The van der Waals surface area contributed by atoms with Crippen molar-refractivity contribution >= 4 is 58.2 Å². The van der Waals surface area contributed by atoms with Gasteiger partial charge in [-0.25, -0.2) is 0 Å². The van der Waals surface area contributed by atoms with Gasteiger partial charge < -0.3 is 10.6 Å². The molecule has 0 saturated heterocycles. The van der Waals surface area contributed by atoms with E-state index in [0.717, 1.165) is 10.5 Å². The molecule has 1 unspecified atom stereocenters. The quantitative estimate of drug-likeness (QED) is 0.361. The Bertz CT molecular complexity index is 1090. The van der Waals surface area contributed by atoms with E-state index in [0.29, 0.717) is 33.4 Å². The molecule has 0 aliphatic carbocycles. The number of carbonyl (C=O) groups is 2. The maximum Gasteiger partial charge on any atom is 0.255 e. The van der Waals surface area contributed by atoms with Crippen LogP contribution in [0.1, 0.15) is 29.3 Å². The second-order valence-corrected chi connectivity index (χ2v) is 9.07. The zero-order valence-corrected chi connectivity index (χ0v) is 19.4. The minimum Gasteiger partial charge on any atom is -0.325 e. The van der Waals surface area contributed by atoms with Crippen LogP contribution < -0.4 is 10.6 Å². The van der Waals surface area contributed by atoms with Crippen LogP contribution in [0.15, 0.2) is 71.6 Å². The third-order valence-corrected chi connectivity index (χ3v) is 6.63. The van der Waals surface area contributed by atoms with E-state index >= 15 is 0 Å². The Morgan fingerprint density at radius 1 is 0.903 bits per heavy atom. The third-order valence-electron chi connectivity index (χ3n) is 4.53. The van der Waals surface area contributed by atoms with E-state index < -0.39 is 0 Å². The Kier molecular flexibility index (Phi) is 8.02. The van der Waals surface area contributed by atoms with Gasteiger partial charge in [0.1, 0.15) is 0 Å². The van der Waals surface area contributed by atoms with Crippen molar-refractivity contribution < 1.29 is 9.59 Å². The predicted molar refractivity (Wildman–Crippen MR) is 131 cm³/mol. The smallest absolute Gasteiger partial charge is 0.255 e. The average molecular weight is 473 g/mol. The standard InChI is InChI=1S/C24H22Cl2N2O2S/c1-3-22(24(30)28-18-11-12-20(25)21(26)14-18)31-19-6-4-5-17(13-19)27-23(29)16-9-7-15(2)8-10-16/h4-14,22H,3H2,1-2H3,(H,27,29)(H,28,30). The van der Waals surface area contributed by atoms with Gasteiger partial charge in [-0.05, 0) is 61.9 Å². The molecule has 0 heterocycles. The largest absolute Gasteiger partial charge is 0.325 e. The first-order valence-electron chi connectivity index (χ1n) is 9.76. The minimum absolute atomic E-state index is 0.125. The molecule has 3 aromatic rings. The van der Waals surface area contributed by atoms with Crippen LogP contribution in [0.2, 0.25) is 10.0 Å². The van der Waals surface area contributed by atoms with Gasteiger partial charge in [0.15, 0.2) is 0 Å². The first kappa shape index (κ1) is 23.2. The summed E-state index contributed by atoms with van der Waals surface area (Å²) in [5.74, 6) is -0.300. The number of carbonyl (C=O) groups excluding carboxylic acids is 2. The van der Waals surface area contributed by atoms with Crippen molar-refractivity contribution in [2.75, 3.05) is 10.6 Å². The molecule has 0 fully saturated rings. The SMILES string of the molecule is CCC(Sc1cccc(NC(=O)c2ccc(C)cc2)c1)C(=O)Nc1ccc(Cl)c(Cl)c1. The third kappa shape index (κ3) is 6.50. The van der Waals surface area contributed by atoms with Crippen molar-refractivity contribution in [1.82, 2.24) is 0 Å². The van der Waals surface area contributed by atoms with Gasteiger partial charge in [-0.2, -0.15) is 0 Å². The molecule has 160 valence electrons. The first-order chi connectivity index (χ1) is 14.9. The molecule has 0 spiro atoms. The second-order valence-electron chi connectivity index (χ2n) is 6.98. The molecule has 0 radical (unpaired) electrons. The van der Waals surface area contributed by atoms with Crippen LogP contribution in [0.3, 0.4) is 0 Å². The molecule has 0 bridgehead atoms. The monoisotopic (exact) mass is 472 g/mol. The Hall–Kier alpha value is -2.47. The van der Waals surface area contributed by atoms with Gasteiger partial charge in [-0.1, -0.05) is 53.9 Å². The molecule has 0 aliphatic rings. The molecular weight excluding hydrogens is 451 g/mol. The summed E-state index contributed by atoms with van der Waals surface area (Å²) in [5.41, 5.74) is 2.96. The Labute approximate surface area is 196 Å². The average Bonchev–Trinajstić information content (AvgIpc) is 2.75. The summed E-state index contributed by atoms with van der Waals surface area (Å²) in [4.78, 5) is 26.1. The predicted octanol–water partition coefficient (Wildman–Crippen LogP) is 7.06. The van der Waals surface area contributed by atoms with Crippen LogP contribution in [0.25, 0.3) is 0 Å². The van der Waals surface area contributed by atoms with Gasteiger partial charge in [-0.15, -0.1) is 11.8 Å². The molecule has 0 aliphatic heterocycles. The van der Waals surface area contributed by atoms with Gasteiger partial charge in [0, 0.05) is 21.8 Å². The van der Waals surface area contributed by atoms with E-state index in [-0.39, 0.29) is 17.1 Å². The number of aryl methyl sites for hydroxylation is 1. The Morgan fingerprint density at radius 2 is 1.61 bits per heavy atom. The molecule has 1 atom stereocenters. The molecule has 2 amide bonds. The van der Waals surface area contributed by atoms with Crippen LogP contribution >= 0.6 is 35.0 Å². The minimum atomic E-state index is -0.308. The highest BCUT2D eigenvalue weighted by Gasteiger charge is 2.19. The molecule has 2 N–H and O–H groups in total. The summed E-state index contributed by atoms with van der Waals surface area (Å²) in [6.07, 6.45) is 0.637. The summed E-state index contributed by atoms with van der Waals surface area (Å²) in [6.45, 7) is 3.93. The van der Waals surface area contributed by atoms with Crippen LogP contribution in [0, 0.1) is 6.92 Å². The van der Waals surface area contributed by atoms with Crippen molar-refractivity contribution in [3.63, 3.8) is 0 Å². The summed E-state index contributed by atoms with van der Waals surface area (Å²) < 4.78 is 0. The van der Waals surface area contributed by atoms with Crippen molar-refractivity contribution in [2.24, 2.45) is 0 Å². The van der Waals surface area contributed by atoms with Crippen molar-refractivity contribution in [1.29, 1.82) is 0 Å². The lowest BCUT2D eigenvalue weighted by molar-refractivity contribution is -0.115. The van der Waals surface area contributed by atoms with Gasteiger partial charge in [0.05, 0.1) is 15.3 Å². The molecule has 4 nitrogen and oxygen atoms in total. The van der Waals surface area contributed by atoms with Gasteiger partial charge in [0.2, 0.25) is 5.91 Å². The lowest BCUT2D eigenvalue weighted by Gasteiger charge is -2.16. The van der Waals surface area contributed by atoms with Gasteiger partial charge in [-0.3, -0.25) is 9.59 Å². The maximum absolute atomic E-state index is 12.7. The van der Waals surface area contributed by atoms with Crippen LogP contribution in [-0.2, 0) is 4.79 Å². The zero-order chi connectivity index (χ0) is 22.4. The second kappa shape index (κ2) is 10.7. The van der Waals surface area contributed by atoms with Crippen molar-refractivity contribution in [3.05, 3.63) is 87.9 Å². The highest BCUT2D eigenvalue weighted by Crippen LogP contribution is 2.30. The molecule has 3 rings (SSSR count). The van der Waals surface area contributed by atoms with Crippen molar-refractivity contribution in [2.45, 2.75) is 30.4 Å². The van der Waals surface area contributed by atoms with Crippen LogP contribution in [-0.4, -0.2) is 17.1 Å². The molecule has 3 aromatic carbocycles. The molecular formula is C24H22Cl2N2O2S. The number of amides is 2. The maximum atomic E-state index is 12.7. The van der Waals surface area contributed by atoms with E-state index in [1.165, 1.54) is 11.8 Å². The van der Waals surface area contributed by atoms with E-state index in [4.69, 9.17) is 23.2 Å². The normalized spacial score (nSPS) is 11.6. The zero-order valence-electron chi connectivity index (χ0n) is 17.1. The number of hydrogen-bond acceptors (Lipinski definition) is 3. The Balaban J connectivity index is 1.66. The van der Waals surface area contributed by atoms with E-state index in [1.807, 2.05) is 50.2 Å². The summed E-state index contributed by atoms with van der Waals surface area (Å²) in [6, 6.07) is 19.8. The van der Waals surface area contributed by atoms with Gasteiger partial charge >= 0.3 is 0 Å². The number of thioether (sulfide) groups is 1. The molecule has 0 saturated carbocycles. The molecule has 0 aromatic heterocycles. The van der Waals surface area contributed by atoms with Crippen molar-refractivity contribution in [3.8, 4) is 0 Å². The van der Waals surface area contributed by atoms with E-state index in [9.17, 15) is 9.59 Å². The van der Waals surface area contributed by atoms with Gasteiger partial charge in [0.25, 0.3) is 5.91 Å². The first-order valence-corrected chi connectivity index (χ1v) is 11.4. The highest BCUT2D eigenvalue weighted by atomic mass is 35.5. The number of benzene rings is 3. The summed E-state index contributed by atoms with van der Waals surface area (Å²) >= 11 is 13.4. The number of hydrogen-bond donors (Lipinski definition) is 2. The summed E-state index contributed by atoms with van der Waals surface area (Å²) in [5, 5.41) is 6.31. The highest BCUT2D eigenvalue weighted by molar-refractivity contribution is 8.00. The van der Waals surface area contributed by atoms with Crippen LogP contribution in [0.5, 0.6) is 0 Å². The molecule has 31 heavy (non-hydrogen) atoms. The number of halogens is 2. The molecule has 7 heteroatoms. The Morgan fingerprint density at radius 3 is 2.29 bits per heavy atom. The van der Waals surface area contributed by atoms with E-state index in [1.54, 1.807) is 30.3 Å². The number of rotatable bonds is 7. The number of anilines is 2. The topological polar surface area (TPSA) is 58.2 Å². The summed E-state index contributed by atoms with van der Waals surface area (Å²) in [7, 11) is 0. The lowest BCUT2D eigenvalue weighted by Crippen LogP contribution is -2.24. The van der Waals surface area contributed by atoms with Crippen LogP contribution in [0.4, 0.5) is 11.4 Å². The lowest BCUT2D eigenvalue weighted by atomic mass is 10.1. The fraction of sp³-hybridized carbons (Fsp3) is 0.167.